The summed E-state index contributed by atoms with van der Waals surface area (Å²) in [6.07, 6.45) is 88.2. The van der Waals surface area contributed by atoms with Crippen LogP contribution in [0.5, 0.6) is 0 Å². The topological polar surface area (TPSA) is 78.9 Å². The lowest BCUT2D eigenvalue weighted by atomic mass is 10.0. The Bertz CT molecular complexity index is 1450. The third-order valence-electron chi connectivity index (χ3n) is 15.2. The molecule has 1 unspecified atom stereocenters. The molecule has 0 rings (SSSR count). The Morgan fingerprint density at radius 2 is 0.544 bits per heavy atom. The zero-order valence-corrected chi connectivity index (χ0v) is 52.6. The third-order valence-corrected chi connectivity index (χ3v) is 15.2. The highest BCUT2D eigenvalue weighted by Crippen LogP contribution is 2.18. The van der Waals surface area contributed by atoms with Crippen LogP contribution in [0.15, 0.2) is 72.9 Å². The van der Waals surface area contributed by atoms with Crippen LogP contribution in [0.2, 0.25) is 0 Å². The fourth-order valence-corrected chi connectivity index (χ4v) is 10.1. The average Bonchev–Trinajstić information content (AvgIpc) is 3.45. The van der Waals surface area contributed by atoms with E-state index in [1.54, 1.807) is 0 Å². The van der Waals surface area contributed by atoms with E-state index >= 15 is 0 Å². The van der Waals surface area contributed by atoms with Gasteiger partial charge in [0.2, 0.25) is 0 Å². The molecule has 0 saturated heterocycles. The van der Waals surface area contributed by atoms with E-state index in [-0.39, 0.29) is 31.6 Å². The number of ether oxygens (including phenoxy) is 3. The minimum Gasteiger partial charge on any atom is -0.462 e. The lowest BCUT2D eigenvalue weighted by Crippen LogP contribution is -2.30. The molecule has 0 aliphatic rings. The van der Waals surface area contributed by atoms with Crippen molar-refractivity contribution in [3.63, 3.8) is 0 Å². The first-order valence-electron chi connectivity index (χ1n) is 34.4. The maximum atomic E-state index is 12.9. The molecule has 6 heteroatoms. The number of hydrogen-bond acceptors (Lipinski definition) is 6. The molecule has 458 valence electrons. The van der Waals surface area contributed by atoms with E-state index in [1.807, 2.05) is 12.2 Å². The van der Waals surface area contributed by atoms with Crippen LogP contribution in [0.1, 0.15) is 355 Å². The van der Waals surface area contributed by atoms with Crippen LogP contribution in [-0.2, 0) is 28.6 Å². The van der Waals surface area contributed by atoms with Gasteiger partial charge in [0.25, 0.3) is 0 Å². The van der Waals surface area contributed by atoms with Gasteiger partial charge < -0.3 is 14.2 Å². The van der Waals surface area contributed by atoms with Crippen LogP contribution < -0.4 is 0 Å². The number of unbranched alkanes of at least 4 members (excludes halogenated alkanes) is 41. The van der Waals surface area contributed by atoms with Crippen molar-refractivity contribution in [2.45, 2.75) is 361 Å². The molecule has 0 aliphatic heterocycles. The molecule has 0 bridgehead atoms. The minimum absolute atomic E-state index is 0.103. The molecule has 0 aromatic carbocycles. The van der Waals surface area contributed by atoms with E-state index in [0.717, 1.165) is 70.6 Å². The van der Waals surface area contributed by atoms with Crippen LogP contribution in [-0.4, -0.2) is 37.2 Å². The van der Waals surface area contributed by atoms with Crippen molar-refractivity contribution >= 4 is 17.9 Å². The van der Waals surface area contributed by atoms with Crippen LogP contribution in [0.25, 0.3) is 0 Å². The van der Waals surface area contributed by atoms with E-state index in [4.69, 9.17) is 14.2 Å². The molecule has 0 amide bonds. The standard InChI is InChI=1S/C73H130O6/c1-4-7-10-13-16-19-22-25-28-30-32-33-34-35-36-37-38-39-41-42-45-48-51-54-57-60-63-66-72(75)78-69-70(68-77-71(74)65-62-59-56-53-50-47-44-27-24-21-18-15-12-9-6-3)79-73(76)67-64-61-58-55-52-49-46-43-40-31-29-26-23-20-17-14-11-8-5-2/h9,12,18,21,26-27,29,44,50,53,59,62,70H,4-8,10-11,13-17,19-20,22-25,28,30-43,45-49,51-52,54-58,60-61,63-69H2,1-3H3/b12-9-,21-18-,29-26-,44-27-,53-50-,62-59-. The van der Waals surface area contributed by atoms with Gasteiger partial charge in [0.15, 0.2) is 6.10 Å². The quantitative estimate of drug-likeness (QED) is 0.0261. The first-order chi connectivity index (χ1) is 39.0. The van der Waals surface area contributed by atoms with Gasteiger partial charge in [0.1, 0.15) is 13.2 Å². The summed E-state index contributed by atoms with van der Waals surface area (Å²) in [5.41, 5.74) is 0. The fraction of sp³-hybridized carbons (Fsp3) is 0.795. The smallest absolute Gasteiger partial charge is 0.309 e. The maximum absolute atomic E-state index is 12.9. The monoisotopic (exact) mass is 1100 g/mol. The summed E-state index contributed by atoms with van der Waals surface area (Å²) in [5.74, 6) is -1.02. The summed E-state index contributed by atoms with van der Waals surface area (Å²) >= 11 is 0. The molecule has 0 spiro atoms. The molecule has 0 heterocycles. The predicted octanol–water partition coefficient (Wildman–Crippen LogP) is 23.7. The molecular formula is C73H130O6. The molecule has 1 atom stereocenters. The number of esters is 3. The van der Waals surface area contributed by atoms with Crippen molar-refractivity contribution < 1.29 is 28.6 Å². The van der Waals surface area contributed by atoms with Gasteiger partial charge in [0, 0.05) is 12.8 Å². The Hall–Kier alpha value is -3.15. The first-order valence-corrected chi connectivity index (χ1v) is 34.4. The van der Waals surface area contributed by atoms with Gasteiger partial charge >= 0.3 is 17.9 Å². The molecule has 0 fully saturated rings. The highest BCUT2D eigenvalue weighted by molar-refractivity contribution is 5.72. The largest absolute Gasteiger partial charge is 0.462 e. The van der Waals surface area contributed by atoms with Gasteiger partial charge in [-0.3, -0.25) is 14.4 Å². The van der Waals surface area contributed by atoms with Crippen LogP contribution in [0, 0.1) is 0 Å². The molecule has 0 N–H and O–H groups in total. The first kappa shape index (κ1) is 75.8. The summed E-state index contributed by atoms with van der Waals surface area (Å²) in [6.45, 7) is 6.49. The molecule has 0 radical (unpaired) electrons. The summed E-state index contributed by atoms with van der Waals surface area (Å²) < 4.78 is 16.9. The van der Waals surface area contributed by atoms with Crippen LogP contribution in [0.4, 0.5) is 0 Å². The molecular weight excluding hydrogens is 973 g/mol. The van der Waals surface area contributed by atoms with E-state index in [2.05, 4.69) is 81.5 Å². The van der Waals surface area contributed by atoms with Crippen LogP contribution >= 0.6 is 0 Å². The fourth-order valence-electron chi connectivity index (χ4n) is 10.1. The van der Waals surface area contributed by atoms with Gasteiger partial charge in [-0.25, -0.2) is 0 Å². The van der Waals surface area contributed by atoms with Gasteiger partial charge in [-0.05, 0) is 70.6 Å². The molecule has 6 nitrogen and oxygen atoms in total. The molecule has 79 heavy (non-hydrogen) atoms. The second-order valence-electron chi connectivity index (χ2n) is 23.1. The molecule has 0 aromatic heterocycles. The summed E-state index contributed by atoms with van der Waals surface area (Å²) in [5, 5.41) is 0. The van der Waals surface area contributed by atoms with Gasteiger partial charge in [0.05, 0.1) is 6.42 Å². The second kappa shape index (κ2) is 67.4. The number of carbonyl (C=O) groups excluding carboxylic acids is 3. The number of allylic oxidation sites excluding steroid dienone is 11. The van der Waals surface area contributed by atoms with Crippen molar-refractivity contribution in [1.82, 2.24) is 0 Å². The zero-order chi connectivity index (χ0) is 57.1. The number of carbonyl (C=O) groups is 3. The van der Waals surface area contributed by atoms with Gasteiger partial charge in [-0.15, -0.1) is 0 Å². The SMILES string of the molecule is CC/C=C\C/C=C\C/C=C\C/C=C\C/C=C\CC(=O)OCC(COC(=O)CCCCCCCCCCCCCCCCCCCCCCCCCCCCC)OC(=O)CCCCCCCCCCC/C=C\CCCCCCCC. The Kier molecular flexibility index (Phi) is 64.7. The van der Waals surface area contributed by atoms with E-state index in [9.17, 15) is 14.4 Å². The number of hydrogen-bond donors (Lipinski definition) is 0. The lowest BCUT2D eigenvalue weighted by molar-refractivity contribution is -0.166. The Balaban J connectivity index is 4.31. The summed E-state index contributed by atoms with van der Waals surface area (Å²) in [4.78, 5) is 38.3. The molecule has 0 saturated carbocycles. The second-order valence-corrected chi connectivity index (χ2v) is 23.1. The van der Waals surface area contributed by atoms with Crippen molar-refractivity contribution in [2.24, 2.45) is 0 Å². The van der Waals surface area contributed by atoms with Crippen molar-refractivity contribution in [3.05, 3.63) is 72.9 Å². The highest BCUT2D eigenvalue weighted by Gasteiger charge is 2.19. The molecule has 0 aromatic rings. The van der Waals surface area contributed by atoms with E-state index < -0.39 is 12.1 Å². The average molecular weight is 1100 g/mol. The zero-order valence-electron chi connectivity index (χ0n) is 52.6. The van der Waals surface area contributed by atoms with Crippen LogP contribution in [0.3, 0.4) is 0 Å². The van der Waals surface area contributed by atoms with Crippen molar-refractivity contribution in [3.8, 4) is 0 Å². The maximum Gasteiger partial charge on any atom is 0.309 e. The Morgan fingerprint density at radius 1 is 0.278 bits per heavy atom. The Labute approximate surface area is 491 Å². The third kappa shape index (κ3) is 65.5. The van der Waals surface area contributed by atoms with Crippen molar-refractivity contribution in [2.75, 3.05) is 13.2 Å². The summed E-state index contributed by atoms with van der Waals surface area (Å²) in [7, 11) is 0. The normalized spacial score (nSPS) is 12.5. The highest BCUT2D eigenvalue weighted by atomic mass is 16.6. The number of rotatable bonds is 63. The minimum atomic E-state index is -0.816. The van der Waals surface area contributed by atoms with E-state index in [1.165, 1.54) is 244 Å². The van der Waals surface area contributed by atoms with Gasteiger partial charge in [-0.2, -0.15) is 0 Å². The molecule has 0 aliphatic carbocycles. The summed E-state index contributed by atoms with van der Waals surface area (Å²) in [6, 6.07) is 0. The van der Waals surface area contributed by atoms with Gasteiger partial charge in [-0.1, -0.05) is 338 Å². The Morgan fingerprint density at radius 3 is 0.873 bits per heavy atom. The predicted molar refractivity (Wildman–Crippen MR) is 344 cm³/mol. The van der Waals surface area contributed by atoms with Crippen molar-refractivity contribution in [1.29, 1.82) is 0 Å². The lowest BCUT2D eigenvalue weighted by Gasteiger charge is -2.18. The van der Waals surface area contributed by atoms with E-state index in [0.29, 0.717) is 12.8 Å².